The van der Waals surface area contributed by atoms with Crippen molar-refractivity contribution in [3.05, 3.63) is 22.5 Å². The number of aromatic nitrogens is 2. The predicted molar refractivity (Wildman–Crippen MR) is 126 cm³/mol. The van der Waals surface area contributed by atoms with Crippen LogP contribution in [0, 0.1) is 5.82 Å². The molecule has 0 aromatic carbocycles. The summed E-state index contributed by atoms with van der Waals surface area (Å²) in [4.78, 5) is 52.1. The van der Waals surface area contributed by atoms with Crippen molar-refractivity contribution in [3.63, 3.8) is 0 Å². The normalized spacial score (nSPS) is 22.3. The maximum absolute atomic E-state index is 14.8. The first-order chi connectivity index (χ1) is 17.2. The van der Waals surface area contributed by atoms with Crippen LogP contribution in [-0.2, 0) is 19.1 Å². The average molecular weight is 532 g/mol. The molecule has 2 heterocycles. The first-order valence-corrected chi connectivity index (χ1v) is 11.7. The van der Waals surface area contributed by atoms with Crippen LogP contribution in [0.4, 0.5) is 15.0 Å². The van der Waals surface area contributed by atoms with Crippen molar-refractivity contribution in [1.82, 2.24) is 20.2 Å². The molecule has 1 aromatic rings. The second kappa shape index (κ2) is 12.9. The monoisotopic (exact) mass is 531 g/mol. The molecule has 14 nitrogen and oxygen atoms in total. The van der Waals surface area contributed by atoms with Gasteiger partial charge in [0, 0.05) is 13.5 Å². The third kappa shape index (κ3) is 8.73. The lowest BCUT2D eigenvalue weighted by atomic mass is 10.1. The SMILES string of the molecule is CC(=O)NCCCC[C@H](NC(=O)OC(C)(C)C)C(=O)Nc1nc(=O)n([C@@H]2O[C@H](CO)C(O)[C@@H]2O)cc1F. The number of nitrogens with zero attached hydrogens (tertiary/aromatic N) is 2. The minimum absolute atomic E-state index is 0.103. The summed E-state index contributed by atoms with van der Waals surface area (Å²) >= 11 is 0. The molecule has 5 atom stereocenters. The molecule has 1 fully saturated rings. The summed E-state index contributed by atoms with van der Waals surface area (Å²) in [5, 5.41) is 36.3. The van der Waals surface area contributed by atoms with E-state index in [1.54, 1.807) is 20.8 Å². The highest BCUT2D eigenvalue weighted by molar-refractivity contribution is 5.95. The molecular formula is C22H34FN5O9. The van der Waals surface area contributed by atoms with Crippen LogP contribution in [0.2, 0.25) is 0 Å². The molecule has 2 rings (SSSR count). The molecule has 0 spiro atoms. The molecule has 15 heteroatoms. The van der Waals surface area contributed by atoms with Crippen LogP contribution < -0.4 is 21.6 Å². The lowest BCUT2D eigenvalue weighted by Gasteiger charge is -2.23. The van der Waals surface area contributed by atoms with E-state index >= 15 is 0 Å². The van der Waals surface area contributed by atoms with Gasteiger partial charge < -0.3 is 40.7 Å². The molecule has 1 aliphatic heterocycles. The van der Waals surface area contributed by atoms with Gasteiger partial charge in [-0.1, -0.05) is 0 Å². The Morgan fingerprint density at radius 2 is 1.92 bits per heavy atom. The molecule has 3 amide bonds. The Hall–Kier alpha value is -3.14. The number of anilines is 1. The van der Waals surface area contributed by atoms with Crippen molar-refractivity contribution in [2.75, 3.05) is 18.5 Å². The Bertz CT molecular complexity index is 1030. The molecule has 0 aliphatic carbocycles. The predicted octanol–water partition coefficient (Wildman–Crippen LogP) is -0.868. The number of aliphatic hydroxyl groups excluding tert-OH is 3. The number of halogens is 1. The molecule has 1 aromatic heterocycles. The number of hydrogen-bond donors (Lipinski definition) is 6. The molecule has 0 bridgehead atoms. The van der Waals surface area contributed by atoms with Gasteiger partial charge in [-0.15, -0.1) is 0 Å². The fourth-order valence-corrected chi connectivity index (χ4v) is 3.49. The summed E-state index contributed by atoms with van der Waals surface area (Å²) in [6.45, 7) is 5.97. The summed E-state index contributed by atoms with van der Waals surface area (Å²) in [5.41, 5.74) is -1.96. The summed E-state index contributed by atoms with van der Waals surface area (Å²) < 4.78 is 25.8. The molecule has 0 radical (unpaired) electrons. The van der Waals surface area contributed by atoms with E-state index in [-0.39, 0.29) is 12.3 Å². The van der Waals surface area contributed by atoms with Crippen LogP contribution in [0.1, 0.15) is 53.2 Å². The molecule has 0 saturated carbocycles. The van der Waals surface area contributed by atoms with Gasteiger partial charge in [-0.3, -0.25) is 14.2 Å². The molecular weight excluding hydrogens is 497 g/mol. The van der Waals surface area contributed by atoms with Crippen LogP contribution in [0.3, 0.4) is 0 Å². The highest BCUT2D eigenvalue weighted by Crippen LogP contribution is 2.28. The molecule has 6 N–H and O–H groups in total. The van der Waals surface area contributed by atoms with E-state index < -0.39 is 72.1 Å². The van der Waals surface area contributed by atoms with E-state index in [4.69, 9.17) is 9.47 Å². The number of ether oxygens (including phenoxy) is 2. The van der Waals surface area contributed by atoms with Crippen molar-refractivity contribution in [2.45, 2.75) is 83.1 Å². The van der Waals surface area contributed by atoms with Gasteiger partial charge >= 0.3 is 11.8 Å². The van der Waals surface area contributed by atoms with Crippen LogP contribution in [0.5, 0.6) is 0 Å². The first-order valence-electron chi connectivity index (χ1n) is 11.7. The summed E-state index contributed by atoms with van der Waals surface area (Å²) in [7, 11) is 0. The lowest BCUT2D eigenvalue weighted by Crippen LogP contribution is -2.46. The zero-order valence-electron chi connectivity index (χ0n) is 21.1. The van der Waals surface area contributed by atoms with E-state index in [0.717, 1.165) is 0 Å². The molecule has 1 aliphatic rings. The number of carbonyl (C=O) groups is 3. The Labute approximate surface area is 212 Å². The van der Waals surface area contributed by atoms with Crippen LogP contribution in [-0.4, -0.2) is 85.9 Å². The maximum Gasteiger partial charge on any atom is 0.408 e. The summed E-state index contributed by atoms with van der Waals surface area (Å²) in [6.07, 6.45) is -5.13. The van der Waals surface area contributed by atoms with E-state index in [9.17, 15) is 38.9 Å². The smallest absolute Gasteiger partial charge is 0.408 e. The van der Waals surface area contributed by atoms with Gasteiger partial charge in [0.2, 0.25) is 11.8 Å². The fraction of sp³-hybridized carbons (Fsp3) is 0.682. The van der Waals surface area contributed by atoms with Crippen molar-refractivity contribution in [1.29, 1.82) is 0 Å². The second-order valence-electron chi connectivity index (χ2n) is 9.52. The van der Waals surface area contributed by atoms with E-state index in [1.165, 1.54) is 6.92 Å². The number of rotatable bonds is 10. The van der Waals surface area contributed by atoms with Gasteiger partial charge in [-0.25, -0.2) is 14.0 Å². The average Bonchev–Trinajstić information content (AvgIpc) is 3.07. The zero-order chi connectivity index (χ0) is 27.9. The van der Waals surface area contributed by atoms with Gasteiger partial charge in [-0.2, -0.15) is 4.98 Å². The highest BCUT2D eigenvalue weighted by atomic mass is 19.1. The van der Waals surface area contributed by atoms with Gasteiger partial charge in [0.25, 0.3) is 0 Å². The number of alkyl carbamates (subject to hydrolysis) is 1. The maximum atomic E-state index is 14.8. The van der Waals surface area contributed by atoms with Gasteiger partial charge in [-0.05, 0) is 40.0 Å². The van der Waals surface area contributed by atoms with Crippen LogP contribution in [0.25, 0.3) is 0 Å². The zero-order valence-corrected chi connectivity index (χ0v) is 21.1. The van der Waals surface area contributed by atoms with Crippen molar-refractivity contribution in [2.24, 2.45) is 0 Å². The second-order valence-corrected chi connectivity index (χ2v) is 9.52. The van der Waals surface area contributed by atoms with Crippen molar-refractivity contribution >= 4 is 23.7 Å². The number of aliphatic hydroxyl groups is 3. The number of nitrogens with one attached hydrogen (secondary N) is 3. The number of amides is 3. The van der Waals surface area contributed by atoms with Crippen molar-refractivity contribution < 1.29 is 43.6 Å². The molecule has 37 heavy (non-hydrogen) atoms. The third-order valence-electron chi connectivity index (χ3n) is 5.24. The third-order valence-corrected chi connectivity index (χ3v) is 5.24. The van der Waals surface area contributed by atoms with E-state index in [1.807, 2.05) is 0 Å². The molecule has 1 unspecified atom stereocenters. The van der Waals surface area contributed by atoms with E-state index in [0.29, 0.717) is 30.2 Å². The standard InChI is InChI=1S/C22H34FN5O9/c1-11(30)24-8-6-5-7-13(25-21(35)37-22(2,3)4)18(33)26-17-12(23)9-28(20(34)27-17)19-16(32)15(31)14(10-29)36-19/h9,13-16,19,29,31-32H,5-8,10H2,1-4H3,(H,24,30)(H,25,35)(H,26,27,33,34)/t13-,14+,15?,16-,19+/m0/s1. The highest BCUT2D eigenvalue weighted by Gasteiger charge is 2.44. The topological polar surface area (TPSA) is 201 Å². The number of unbranched alkanes of at least 4 members (excludes halogenated alkanes) is 1. The van der Waals surface area contributed by atoms with Gasteiger partial charge in [0.15, 0.2) is 17.9 Å². The van der Waals surface area contributed by atoms with Crippen molar-refractivity contribution in [3.8, 4) is 0 Å². The minimum atomic E-state index is -1.64. The number of carbonyl (C=O) groups excluding carboxylic acids is 3. The summed E-state index contributed by atoms with van der Waals surface area (Å²) in [5.74, 6) is -2.98. The largest absolute Gasteiger partial charge is 0.444 e. The molecule has 208 valence electrons. The summed E-state index contributed by atoms with van der Waals surface area (Å²) in [6, 6.07) is -1.18. The minimum Gasteiger partial charge on any atom is -0.444 e. The Morgan fingerprint density at radius 1 is 1.24 bits per heavy atom. The Morgan fingerprint density at radius 3 is 2.49 bits per heavy atom. The van der Waals surface area contributed by atoms with Crippen LogP contribution in [0.15, 0.2) is 11.0 Å². The Balaban J connectivity index is 2.16. The molecule has 1 saturated heterocycles. The lowest BCUT2D eigenvalue weighted by molar-refractivity contribution is -0.119. The van der Waals surface area contributed by atoms with Gasteiger partial charge in [0.1, 0.15) is 30.0 Å². The fourth-order valence-electron chi connectivity index (χ4n) is 3.49. The van der Waals surface area contributed by atoms with E-state index in [2.05, 4.69) is 20.9 Å². The van der Waals surface area contributed by atoms with Crippen LogP contribution >= 0.6 is 0 Å². The Kier molecular flexibility index (Phi) is 10.5. The number of hydrogen-bond acceptors (Lipinski definition) is 10. The first kappa shape index (κ1) is 30.1. The quantitative estimate of drug-likeness (QED) is 0.206. The van der Waals surface area contributed by atoms with Gasteiger partial charge in [0.05, 0.1) is 12.8 Å².